The quantitative estimate of drug-likeness (QED) is 0.816. The van der Waals surface area contributed by atoms with Crippen LogP contribution in [0, 0.1) is 35.0 Å². The molecule has 0 aromatic carbocycles. The highest BCUT2D eigenvalue weighted by Crippen LogP contribution is 2.59. The van der Waals surface area contributed by atoms with Gasteiger partial charge in [-0.05, 0) is 55.8 Å². The lowest BCUT2D eigenvalue weighted by atomic mass is 9.52. The molecule has 0 N–H and O–H groups in total. The lowest BCUT2D eigenvalue weighted by Gasteiger charge is -2.53. The summed E-state index contributed by atoms with van der Waals surface area (Å²) in [6.07, 6.45) is 7.42. The molecule has 0 radical (unpaired) electrons. The summed E-state index contributed by atoms with van der Waals surface area (Å²) in [6.45, 7) is 0. The molecule has 4 heteroatoms. The van der Waals surface area contributed by atoms with Crippen molar-refractivity contribution in [2.75, 3.05) is 0 Å². The van der Waals surface area contributed by atoms with E-state index in [2.05, 4.69) is 16.2 Å². The summed E-state index contributed by atoms with van der Waals surface area (Å²) in [5, 5.41) is 13.5. The van der Waals surface area contributed by atoms with Crippen molar-refractivity contribution in [1.29, 1.82) is 5.26 Å². The second kappa shape index (κ2) is 4.06. The van der Waals surface area contributed by atoms with Crippen molar-refractivity contribution in [3.05, 3.63) is 11.6 Å². The third kappa shape index (κ3) is 1.71. The maximum Gasteiger partial charge on any atom is 0.154 e. The van der Waals surface area contributed by atoms with Crippen molar-refractivity contribution in [1.82, 2.24) is 14.8 Å². The van der Waals surface area contributed by atoms with Crippen LogP contribution in [0.1, 0.15) is 49.7 Å². The van der Waals surface area contributed by atoms with Crippen LogP contribution in [0.2, 0.25) is 0 Å². The lowest BCUT2D eigenvalue weighted by molar-refractivity contribution is -0.00566. The normalized spacial score (nSPS) is 39.5. The highest BCUT2D eigenvalue weighted by molar-refractivity contribution is 5.12. The van der Waals surface area contributed by atoms with E-state index in [-0.39, 0.29) is 0 Å². The van der Waals surface area contributed by atoms with Gasteiger partial charge in [0.1, 0.15) is 5.82 Å². The molecule has 0 spiro atoms. The monoisotopic (exact) mass is 256 g/mol. The molecule has 5 rings (SSSR count). The average molecular weight is 256 g/mol. The van der Waals surface area contributed by atoms with Crippen LogP contribution in [0.4, 0.5) is 0 Å². The maximum atomic E-state index is 8.83. The van der Waals surface area contributed by atoms with Crippen LogP contribution >= 0.6 is 0 Å². The molecule has 19 heavy (non-hydrogen) atoms. The van der Waals surface area contributed by atoms with E-state index < -0.39 is 0 Å². The number of aromatic nitrogens is 3. The fraction of sp³-hybridized carbons (Fsp3) is 0.800. The number of nitrogens with zero attached hydrogens (tertiary/aromatic N) is 4. The van der Waals surface area contributed by atoms with E-state index in [0.29, 0.717) is 12.3 Å². The van der Waals surface area contributed by atoms with E-state index in [1.54, 1.807) is 0 Å². The third-order valence-corrected chi connectivity index (χ3v) is 5.63. The zero-order valence-electron chi connectivity index (χ0n) is 11.4. The molecule has 0 amide bonds. The Bertz CT molecular complexity index is 511. The second-order valence-electron chi connectivity index (χ2n) is 6.80. The van der Waals surface area contributed by atoms with Crippen LogP contribution in [-0.4, -0.2) is 14.8 Å². The summed E-state index contributed by atoms with van der Waals surface area (Å²) < 4.78 is 1.81. The van der Waals surface area contributed by atoms with E-state index in [4.69, 9.17) is 5.26 Å². The van der Waals surface area contributed by atoms with Gasteiger partial charge < -0.3 is 0 Å². The van der Waals surface area contributed by atoms with E-state index in [1.165, 1.54) is 32.1 Å². The van der Waals surface area contributed by atoms with Gasteiger partial charge in [-0.3, -0.25) is 4.68 Å². The van der Waals surface area contributed by atoms with Gasteiger partial charge in [0.25, 0.3) is 0 Å². The summed E-state index contributed by atoms with van der Waals surface area (Å²) in [5.41, 5.74) is 0. The van der Waals surface area contributed by atoms with Crippen LogP contribution in [0.5, 0.6) is 0 Å². The summed E-state index contributed by atoms with van der Waals surface area (Å²) in [7, 11) is 1.92. The summed E-state index contributed by atoms with van der Waals surface area (Å²) in [6, 6.07) is 2.18. The van der Waals surface area contributed by atoms with Gasteiger partial charge >= 0.3 is 0 Å². The number of hydrogen-bond acceptors (Lipinski definition) is 3. The molecule has 4 aliphatic rings. The second-order valence-corrected chi connectivity index (χ2v) is 6.80. The Kier molecular flexibility index (Phi) is 2.45. The maximum absolute atomic E-state index is 8.83. The molecule has 4 fully saturated rings. The molecule has 0 unspecified atom stereocenters. The molecule has 4 nitrogen and oxygen atoms in total. The molecule has 0 aliphatic heterocycles. The predicted molar refractivity (Wildman–Crippen MR) is 70.1 cm³/mol. The minimum atomic E-state index is 0.372. The molecule has 1 aromatic rings. The van der Waals surface area contributed by atoms with Crippen molar-refractivity contribution in [2.45, 2.75) is 44.4 Å². The van der Waals surface area contributed by atoms with Crippen molar-refractivity contribution < 1.29 is 0 Å². The van der Waals surface area contributed by atoms with Gasteiger partial charge in [-0.25, -0.2) is 4.98 Å². The Labute approximate surface area is 113 Å². The largest absolute Gasteiger partial charge is 0.252 e. The van der Waals surface area contributed by atoms with Crippen molar-refractivity contribution in [2.24, 2.45) is 30.7 Å². The zero-order valence-corrected chi connectivity index (χ0v) is 11.4. The molecule has 1 heterocycles. The fourth-order valence-electron chi connectivity index (χ4n) is 5.15. The Morgan fingerprint density at radius 2 is 1.79 bits per heavy atom. The number of aryl methyl sites for hydroxylation is 1. The van der Waals surface area contributed by atoms with Crippen molar-refractivity contribution >= 4 is 0 Å². The Morgan fingerprint density at radius 3 is 2.37 bits per heavy atom. The Hall–Kier alpha value is -1.37. The first-order chi connectivity index (χ1) is 9.24. The highest BCUT2D eigenvalue weighted by Gasteiger charge is 2.50. The first-order valence-electron chi connectivity index (χ1n) is 7.51. The van der Waals surface area contributed by atoms with Gasteiger partial charge in [-0.15, -0.1) is 0 Å². The van der Waals surface area contributed by atoms with E-state index in [9.17, 15) is 0 Å². The summed E-state index contributed by atoms with van der Waals surface area (Å²) in [5.74, 6) is 6.03. The fourth-order valence-corrected chi connectivity index (χ4v) is 5.15. The molecule has 100 valence electrons. The lowest BCUT2D eigenvalue weighted by Crippen LogP contribution is -2.44. The molecule has 4 saturated carbocycles. The van der Waals surface area contributed by atoms with E-state index in [1.807, 2.05) is 11.7 Å². The Morgan fingerprint density at radius 1 is 1.16 bits per heavy atom. The topological polar surface area (TPSA) is 54.5 Å². The minimum Gasteiger partial charge on any atom is -0.252 e. The Balaban J connectivity index is 1.65. The van der Waals surface area contributed by atoms with Crippen LogP contribution in [-0.2, 0) is 13.5 Å². The number of hydrogen-bond donors (Lipinski definition) is 0. The predicted octanol–water partition coefficient (Wildman–Crippen LogP) is 2.42. The van der Waals surface area contributed by atoms with Crippen molar-refractivity contribution in [3.63, 3.8) is 0 Å². The number of nitriles is 1. The molecule has 4 bridgehead atoms. The third-order valence-electron chi connectivity index (χ3n) is 5.63. The van der Waals surface area contributed by atoms with Gasteiger partial charge in [-0.1, -0.05) is 0 Å². The van der Waals surface area contributed by atoms with Crippen LogP contribution in [0.3, 0.4) is 0 Å². The highest BCUT2D eigenvalue weighted by atomic mass is 15.3. The molecular weight excluding hydrogens is 236 g/mol. The smallest absolute Gasteiger partial charge is 0.154 e. The summed E-state index contributed by atoms with van der Waals surface area (Å²) >= 11 is 0. The molecule has 0 atom stereocenters. The van der Waals surface area contributed by atoms with E-state index >= 15 is 0 Å². The standard InChI is InChI=1S/C15H20N4/c1-19-13(2-3-16)17-15(18-19)14-11-5-9-4-10(7-11)8-12(14)6-9/h9-12,14H,2,4-8H2,1H3. The van der Waals surface area contributed by atoms with Crippen molar-refractivity contribution in [3.8, 4) is 6.07 Å². The SMILES string of the molecule is Cn1nc(C2C3CC4CC(C3)CC2C4)nc1CC#N. The number of rotatable bonds is 2. The van der Waals surface area contributed by atoms with Gasteiger partial charge in [0.2, 0.25) is 0 Å². The summed E-state index contributed by atoms with van der Waals surface area (Å²) in [4.78, 5) is 4.67. The van der Waals surface area contributed by atoms with Crippen LogP contribution < -0.4 is 0 Å². The molecule has 4 aliphatic carbocycles. The van der Waals surface area contributed by atoms with Gasteiger partial charge in [0, 0.05) is 13.0 Å². The first-order valence-corrected chi connectivity index (χ1v) is 7.51. The van der Waals surface area contributed by atoms with Crippen LogP contribution in [0.15, 0.2) is 0 Å². The average Bonchev–Trinajstić information content (AvgIpc) is 2.70. The zero-order chi connectivity index (χ0) is 13.0. The van der Waals surface area contributed by atoms with Gasteiger partial charge in [0.15, 0.2) is 5.82 Å². The van der Waals surface area contributed by atoms with E-state index in [0.717, 1.165) is 35.3 Å². The minimum absolute atomic E-state index is 0.372. The first kappa shape index (κ1) is 11.5. The molecular formula is C15H20N4. The van der Waals surface area contributed by atoms with Crippen LogP contribution in [0.25, 0.3) is 0 Å². The molecule has 1 aromatic heterocycles. The molecule has 0 saturated heterocycles. The van der Waals surface area contributed by atoms with Gasteiger partial charge in [-0.2, -0.15) is 10.4 Å². The van der Waals surface area contributed by atoms with Gasteiger partial charge in [0.05, 0.1) is 12.5 Å².